The standard InChI is InChI=1S/C8H4O3.H2O/c9-7-5-3-1-2-4-6(5)8(10)11-7;/h1-4H;1H2. The third kappa shape index (κ3) is 0.981. The Hall–Kier alpha value is -1.68. The highest BCUT2D eigenvalue weighted by atomic mass is 16.6. The average Bonchev–Trinajstić information content (AvgIpc) is 2.30. The number of carbonyl (C=O) groups excluding carboxylic acids is 2. The van der Waals surface area contributed by atoms with Crippen LogP contribution in [0.2, 0.25) is 0 Å². The minimum absolute atomic E-state index is 0. The summed E-state index contributed by atoms with van der Waals surface area (Å²) in [5, 5.41) is 0. The number of ether oxygens (including phenoxy) is 1. The van der Waals surface area contributed by atoms with Crippen molar-refractivity contribution in [1.82, 2.24) is 0 Å². The second kappa shape index (κ2) is 2.75. The van der Waals surface area contributed by atoms with E-state index in [9.17, 15) is 9.59 Å². The zero-order chi connectivity index (χ0) is 7.84. The van der Waals surface area contributed by atoms with Crippen LogP contribution in [0.1, 0.15) is 20.7 Å². The summed E-state index contributed by atoms with van der Waals surface area (Å²) in [4.78, 5) is 21.7. The highest BCUT2D eigenvalue weighted by molar-refractivity contribution is 6.14. The van der Waals surface area contributed by atoms with Crippen LogP contribution < -0.4 is 0 Å². The van der Waals surface area contributed by atoms with E-state index in [0.717, 1.165) is 0 Å². The van der Waals surface area contributed by atoms with E-state index in [1.807, 2.05) is 0 Å². The Morgan fingerprint density at radius 3 is 1.75 bits per heavy atom. The van der Waals surface area contributed by atoms with Gasteiger partial charge < -0.3 is 10.2 Å². The molecule has 4 nitrogen and oxygen atoms in total. The van der Waals surface area contributed by atoms with E-state index < -0.39 is 11.9 Å². The number of cyclic esters (lactones) is 2. The van der Waals surface area contributed by atoms with Gasteiger partial charge in [0.15, 0.2) is 0 Å². The van der Waals surface area contributed by atoms with Gasteiger partial charge in [0, 0.05) is 0 Å². The molecular weight excluding hydrogens is 160 g/mol. The minimum atomic E-state index is -0.550. The molecule has 0 amide bonds. The molecule has 0 saturated heterocycles. The second-order valence-electron chi connectivity index (χ2n) is 2.22. The first kappa shape index (κ1) is 8.42. The quantitative estimate of drug-likeness (QED) is 0.407. The zero-order valence-corrected chi connectivity index (χ0v) is 6.03. The largest absolute Gasteiger partial charge is 0.412 e. The smallest absolute Gasteiger partial charge is 0.346 e. The predicted octanol–water partition coefficient (Wildman–Crippen LogP) is 0.172. The van der Waals surface area contributed by atoms with Gasteiger partial charge in [0.25, 0.3) is 0 Å². The van der Waals surface area contributed by atoms with Crippen LogP contribution in [0.3, 0.4) is 0 Å². The van der Waals surface area contributed by atoms with Crippen LogP contribution in [0.4, 0.5) is 0 Å². The summed E-state index contributed by atoms with van der Waals surface area (Å²) in [6.07, 6.45) is 0. The molecule has 0 unspecified atom stereocenters. The van der Waals surface area contributed by atoms with Gasteiger partial charge in [-0.15, -0.1) is 0 Å². The Morgan fingerprint density at radius 2 is 1.33 bits per heavy atom. The topological polar surface area (TPSA) is 74.9 Å². The predicted molar refractivity (Wildman–Crippen MR) is 39.8 cm³/mol. The molecule has 0 fully saturated rings. The summed E-state index contributed by atoms with van der Waals surface area (Å²) in [7, 11) is 0. The first-order chi connectivity index (χ1) is 5.29. The number of hydrogen-bond donors (Lipinski definition) is 0. The molecule has 1 aromatic carbocycles. The molecule has 12 heavy (non-hydrogen) atoms. The van der Waals surface area contributed by atoms with Crippen molar-refractivity contribution < 1.29 is 19.8 Å². The lowest BCUT2D eigenvalue weighted by molar-refractivity contribution is 0.0444. The van der Waals surface area contributed by atoms with Crippen molar-refractivity contribution in [2.45, 2.75) is 0 Å². The Bertz CT molecular complexity index is 310. The van der Waals surface area contributed by atoms with Crippen molar-refractivity contribution in [3.63, 3.8) is 0 Å². The molecule has 4 heteroatoms. The first-order valence-corrected chi connectivity index (χ1v) is 3.14. The summed E-state index contributed by atoms with van der Waals surface area (Å²) in [5.74, 6) is -1.10. The summed E-state index contributed by atoms with van der Waals surface area (Å²) in [6, 6.07) is 6.53. The molecule has 0 atom stereocenters. The van der Waals surface area contributed by atoms with Crippen molar-refractivity contribution in [1.29, 1.82) is 0 Å². The van der Waals surface area contributed by atoms with E-state index in [4.69, 9.17) is 0 Å². The van der Waals surface area contributed by atoms with Gasteiger partial charge in [-0.3, -0.25) is 0 Å². The van der Waals surface area contributed by atoms with E-state index in [1.54, 1.807) is 24.3 Å². The molecule has 2 N–H and O–H groups in total. The summed E-state index contributed by atoms with van der Waals surface area (Å²) >= 11 is 0. The summed E-state index contributed by atoms with van der Waals surface area (Å²) < 4.78 is 4.35. The Balaban J connectivity index is 0.000000720. The number of benzene rings is 1. The minimum Gasteiger partial charge on any atom is -0.412 e. The van der Waals surface area contributed by atoms with Crippen LogP contribution in [0.15, 0.2) is 24.3 Å². The van der Waals surface area contributed by atoms with E-state index >= 15 is 0 Å². The number of fused-ring (bicyclic) bond motifs is 1. The molecule has 0 radical (unpaired) electrons. The molecule has 0 saturated carbocycles. The lowest BCUT2D eigenvalue weighted by Crippen LogP contribution is -1.96. The number of esters is 2. The average molecular weight is 166 g/mol. The summed E-state index contributed by atoms with van der Waals surface area (Å²) in [6.45, 7) is 0. The Morgan fingerprint density at radius 1 is 0.917 bits per heavy atom. The van der Waals surface area contributed by atoms with Gasteiger partial charge in [-0.2, -0.15) is 0 Å². The fraction of sp³-hybridized carbons (Fsp3) is 0. The second-order valence-corrected chi connectivity index (χ2v) is 2.22. The van der Waals surface area contributed by atoms with Crippen LogP contribution in [0.5, 0.6) is 0 Å². The lowest BCUT2D eigenvalue weighted by Gasteiger charge is -1.86. The van der Waals surface area contributed by atoms with Gasteiger partial charge in [-0.1, -0.05) is 12.1 Å². The highest BCUT2D eigenvalue weighted by Gasteiger charge is 2.28. The van der Waals surface area contributed by atoms with E-state index in [2.05, 4.69) is 4.74 Å². The van der Waals surface area contributed by atoms with Crippen LogP contribution in [-0.4, -0.2) is 17.4 Å². The monoisotopic (exact) mass is 166 g/mol. The van der Waals surface area contributed by atoms with Crippen molar-refractivity contribution in [3.8, 4) is 0 Å². The molecule has 62 valence electrons. The van der Waals surface area contributed by atoms with Gasteiger partial charge in [-0.05, 0) is 12.1 Å². The molecule has 0 spiro atoms. The van der Waals surface area contributed by atoms with Gasteiger partial charge in [-0.25, -0.2) is 9.59 Å². The van der Waals surface area contributed by atoms with Crippen LogP contribution in [-0.2, 0) is 4.74 Å². The number of hydrogen-bond acceptors (Lipinski definition) is 3. The van der Waals surface area contributed by atoms with E-state index in [-0.39, 0.29) is 5.48 Å². The van der Waals surface area contributed by atoms with Crippen LogP contribution >= 0.6 is 0 Å². The maximum Gasteiger partial charge on any atom is 0.346 e. The fourth-order valence-corrected chi connectivity index (χ4v) is 1.03. The number of rotatable bonds is 0. The van der Waals surface area contributed by atoms with Crippen LogP contribution in [0.25, 0.3) is 0 Å². The van der Waals surface area contributed by atoms with E-state index in [0.29, 0.717) is 11.1 Å². The first-order valence-electron chi connectivity index (χ1n) is 3.14. The number of carbonyl (C=O) groups is 2. The molecule has 0 aromatic heterocycles. The Kier molecular flexibility index (Phi) is 1.93. The lowest BCUT2D eigenvalue weighted by atomic mass is 10.1. The van der Waals surface area contributed by atoms with Crippen molar-refractivity contribution in [3.05, 3.63) is 35.4 Å². The van der Waals surface area contributed by atoms with Gasteiger partial charge in [0.2, 0.25) is 0 Å². The fourth-order valence-electron chi connectivity index (χ4n) is 1.03. The molecule has 0 aliphatic carbocycles. The third-order valence-electron chi connectivity index (χ3n) is 1.55. The molecule has 1 aromatic rings. The molecule has 1 aliphatic heterocycles. The normalized spacial score (nSPS) is 13.3. The highest BCUT2D eigenvalue weighted by Crippen LogP contribution is 2.18. The van der Waals surface area contributed by atoms with Crippen molar-refractivity contribution in [2.24, 2.45) is 0 Å². The maximum absolute atomic E-state index is 10.8. The summed E-state index contributed by atoms with van der Waals surface area (Å²) in [5.41, 5.74) is 0.718. The molecule has 2 rings (SSSR count). The van der Waals surface area contributed by atoms with Gasteiger partial charge >= 0.3 is 11.9 Å². The van der Waals surface area contributed by atoms with E-state index in [1.165, 1.54) is 0 Å². The van der Waals surface area contributed by atoms with Crippen LogP contribution in [0, 0.1) is 0 Å². The maximum atomic E-state index is 10.8. The van der Waals surface area contributed by atoms with Gasteiger partial charge in [0.05, 0.1) is 11.1 Å². The molecule has 1 aliphatic rings. The molecular formula is C8H6O4. The zero-order valence-electron chi connectivity index (χ0n) is 6.03. The van der Waals surface area contributed by atoms with Crippen molar-refractivity contribution >= 4 is 11.9 Å². The van der Waals surface area contributed by atoms with Gasteiger partial charge in [0.1, 0.15) is 0 Å². The Labute approximate surface area is 68.1 Å². The third-order valence-corrected chi connectivity index (χ3v) is 1.55. The van der Waals surface area contributed by atoms with Crippen molar-refractivity contribution in [2.75, 3.05) is 0 Å². The molecule has 0 bridgehead atoms. The SMILES string of the molecule is O.O=C1OC(=O)c2ccccc21. The molecule has 1 heterocycles.